The van der Waals surface area contributed by atoms with Crippen LogP contribution < -0.4 is 5.32 Å². The summed E-state index contributed by atoms with van der Waals surface area (Å²) in [5, 5.41) is 7.54. The van der Waals surface area contributed by atoms with Gasteiger partial charge in [-0.3, -0.25) is 0 Å². The first-order chi connectivity index (χ1) is 9.15. The Morgan fingerprint density at radius 3 is 3.11 bits per heavy atom. The van der Waals surface area contributed by atoms with E-state index in [0.717, 1.165) is 25.5 Å². The van der Waals surface area contributed by atoms with E-state index >= 15 is 0 Å². The van der Waals surface area contributed by atoms with Gasteiger partial charge in [0.1, 0.15) is 12.9 Å². The molecule has 1 aromatic heterocycles. The summed E-state index contributed by atoms with van der Waals surface area (Å²) in [4.78, 5) is 4.24. The number of nitrogens with one attached hydrogen (secondary N) is 1. The summed E-state index contributed by atoms with van der Waals surface area (Å²) >= 11 is 0. The molecular formula is C13H24N4O2. The lowest BCUT2D eigenvalue weighted by atomic mass is 10.2. The van der Waals surface area contributed by atoms with Crippen LogP contribution in [0.2, 0.25) is 0 Å². The predicted molar refractivity (Wildman–Crippen MR) is 71.7 cm³/mol. The zero-order valence-electron chi connectivity index (χ0n) is 12.0. The highest BCUT2D eigenvalue weighted by Crippen LogP contribution is 2.06. The summed E-state index contributed by atoms with van der Waals surface area (Å²) in [6.07, 6.45) is 1.97. The van der Waals surface area contributed by atoms with Crippen molar-refractivity contribution in [2.24, 2.45) is 5.92 Å². The number of rotatable bonds is 6. The highest BCUT2D eigenvalue weighted by atomic mass is 16.5. The maximum atomic E-state index is 5.77. The van der Waals surface area contributed by atoms with Crippen molar-refractivity contribution >= 4 is 0 Å². The molecule has 1 aliphatic heterocycles. The van der Waals surface area contributed by atoms with Gasteiger partial charge in [0.2, 0.25) is 0 Å². The van der Waals surface area contributed by atoms with Crippen LogP contribution in [0.1, 0.15) is 26.6 Å². The van der Waals surface area contributed by atoms with Gasteiger partial charge >= 0.3 is 0 Å². The fourth-order valence-electron chi connectivity index (χ4n) is 2.15. The lowest BCUT2D eigenvalue weighted by Gasteiger charge is -2.28. The van der Waals surface area contributed by atoms with E-state index in [2.05, 4.69) is 36.2 Å². The van der Waals surface area contributed by atoms with Crippen LogP contribution in [0.4, 0.5) is 0 Å². The standard InChI is InChI=1S/C13H24N4O2/c1-10(2)6-17-13(15-9-16-17)8-18-7-12-5-14-4-11(3)19-12/h9-12,14H,4-8H2,1-3H3. The maximum absolute atomic E-state index is 5.77. The molecule has 1 saturated heterocycles. The van der Waals surface area contributed by atoms with E-state index in [1.807, 2.05) is 4.68 Å². The quantitative estimate of drug-likeness (QED) is 0.828. The monoisotopic (exact) mass is 268 g/mol. The molecule has 0 aliphatic carbocycles. The molecule has 0 spiro atoms. The van der Waals surface area contributed by atoms with Gasteiger partial charge in [-0.2, -0.15) is 5.10 Å². The molecule has 1 aliphatic rings. The van der Waals surface area contributed by atoms with Gasteiger partial charge in [-0.25, -0.2) is 9.67 Å². The average molecular weight is 268 g/mol. The minimum absolute atomic E-state index is 0.130. The lowest BCUT2D eigenvalue weighted by Crippen LogP contribution is -2.45. The second-order valence-corrected chi connectivity index (χ2v) is 5.49. The van der Waals surface area contributed by atoms with Crippen molar-refractivity contribution < 1.29 is 9.47 Å². The van der Waals surface area contributed by atoms with Gasteiger partial charge in [0.05, 0.1) is 18.8 Å². The summed E-state index contributed by atoms with van der Waals surface area (Å²) in [6, 6.07) is 0. The first-order valence-corrected chi connectivity index (χ1v) is 6.95. The fourth-order valence-corrected chi connectivity index (χ4v) is 2.15. The van der Waals surface area contributed by atoms with Crippen LogP contribution in [0.15, 0.2) is 6.33 Å². The largest absolute Gasteiger partial charge is 0.371 e. The van der Waals surface area contributed by atoms with Gasteiger partial charge in [0.25, 0.3) is 0 Å². The van der Waals surface area contributed by atoms with Crippen LogP contribution in [0.25, 0.3) is 0 Å². The summed E-state index contributed by atoms with van der Waals surface area (Å²) in [5.41, 5.74) is 0. The van der Waals surface area contributed by atoms with Crippen LogP contribution in [0, 0.1) is 5.92 Å². The molecule has 2 rings (SSSR count). The number of hydrogen-bond acceptors (Lipinski definition) is 5. The Hall–Kier alpha value is -0.980. The molecule has 2 unspecified atom stereocenters. The van der Waals surface area contributed by atoms with Gasteiger partial charge in [0.15, 0.2) is 5.82 Å². The number of morpholine rings is 1. The van der Waals surface area contributed by atoms with E-state index in [9.17, 15) is 0 Å². The van der Waals surface area contributed by atoms with Gasteiger partial charge in [-0.1, -0.05) is 13.8 Å². The van der Waals surface area contributed by atoms with E-state index in [4.69, 9.17) is 9.47 Å². The molecule has 1 fully saturated rings. The van der Waals surface area contributed by atoms with E-state index < -0.39 is 0 Å². The second-order valence-electron chi connectivity index (χ2n) is 5.49. The summed E-state index contributed by atoms with van der Waals surface area (Å²) < 4.78 is 13.4. The molecule has 1 aromatic rings. The summed E-state index contributed by atoms with van der Waals surface area (Å²) in [7, 11) is 0. The van der Waals surface area contributed by atoms with Crippen LogP contribution in [0.3, 0.4) is 0 Å². The van der Waals surface area contributed by atoms with Gasteiger partial charge < -0.3 is 14.8 Å². The molecule has 108 valence electrons. The van der Waals surface area contributed by atoms with Crippen molar-refractivity contribution in [2.45, 2.75) is 46.1 Å². The van der Waals surface area contributed by atoms with Crippen LogP contribution in [-0.4, -0.2) is 46.7 Å². The van der Waals surface area contributed by atoms with E-state index in [1.54, 1.807) is 6.33 Å². The third kappa shape index (κ3) is 4.56. The maximum Gasteiger partial charge on any atom is 0.152 e. The molecule has 0 radical (unpaired) electrons. The molecule has 0 saturated carbocycles. The summed E-state index contributed by atoms with van der Waals surface area (Å²) in [6.45, 7) is 10.1. The van der Waals surface area contributed by atoms with Crippen molar-refractivity contribution in [1.82, 2.24) is 20.1 Å². The molecule has 0 bridgehead atoms. The molecule has 6 nitrogen and oxygen atoms in total. The molecule has 6 heteroatoms. The minimum atomic E-state index is 0.130. The Morgan fingerprint density at radius 1 is 1.53 bits per heavy atom. The topological polar surface area (TPSA) is 61.2 Å². The van der Waals surface area contributed by atoms with E-state index in [-0.39, 0.29) is 12.2 Å². The van der Waals surface area contributed by atoms with Crippen molar-refractivity contribution in [1.29, 1.82) is 0 Å². The van der Waals surface area contributed by atoms with E-state index in [1.165, 1.54) is 0 Å². The second kappa shape index (κ2) is 6.98. The highest BCUT2D eigenvalue weighted by Gasteiger charge is 2.19. The molecule has 19 heavy (non-hydrogen) atoms. The van der Waals surface area contributed by atoms with E-state index in [0.29, 0.717) is 19.1 Å². The van der Waals surface area contributed by atoms with Crippen molar-refractivity contribution in [2.75, 3.05) is 19.7 Å². The zero-order valence-corrected chi connectivity index (χ0v) is 12.0. The van der Waals surface area contributed by atoms with Gasteiger partial charge in [0, 0.05) is 19.6 Å². The molecule has 2 atom stereocenters. The SMILES string of the molecule is CC(C)Cn1ncnc1COCC1CNCC(C)O1. The minimum Gasteiger partial charge on any atom is -0.371 e. The van der Waals surface area contributed by atoms with Crippen LogP contribution in [-0.2, 0) is 22.6 Å². The van der Waals surface area contributed by atoms with Crippen molar-refractivity contribution in [3.05, 3.63) is 12.2 Å². The normalized spacial score (nSPS) is 24.0. The average Bonchev–Trinajstić information content (AvgIpc) is 2.76. The molecular weight excluding hydrogens is 244 g/mol. The van der Waals surface area contributed by atoms with Crippen molar-refractivity contribution in [3.8, 4) is 0 Å². The molecule has 0 aromatic carbocycles. The number of hydrogen-bond donors (Lipinski definition) is 1. The number of nitrogens with zero attached hydrogens (tertiary/aromatic N) is 3. The number of aromatic nitrogens is 3. The molecule has 1 N–H and O–H groups in total. The van der Waals surface area contributed by atoms with Gasteiger partial charge in [-0.15, -0.1) is 0 Å². The highest BCUT2D eigenvalue weighted by molar-refractivity contribution is 4.82. The Balaban J connectivity index is 1.74. The van der Waals surface area contributed by atoms with Crippen LogP contribution in [0.5, 0.6) is 0 Å². The Bertz CT molecular complexity index is 380. The van der Waals surface area contributed by atoms with Crippen molar-refractivity contribution in [3.63, 3.8) is 0 Å². The predicted octanol–water partition coefficient (Wildman–Crippen LogP) is 0.828. The summed E-state index contributed by atoms with van der Waals surface area (Å²) in [5.74, 6) is 1.43. The van der Waals surface area contributed by atoms with Gasteiger partial charge in [-0.05, 0) is 12.8 Å². The Morgan fingerprint density at radius 2 is 2.37 bits per heavy atom. The molecule has 0 amide bonds. The Labute approximate surface area is 114 Å². The Kier molecular flexibility index (Phi) is 5.30. The molecule has 2 heterocycles. The fraction of sp³-hybridized carbons (Fsp3) is 0.846. The van der Waals surface area contributed by atoms with Crippen LogP contribution >= 0.6 is 0 Å². The third-order valence-corrected chi connectivity index (χ3v) is 3.00. The lowest BCUT2D eigenvalue weighted by molar-refractivity contribution is -0.0727. The first-order valence-electron chi connectivity index (χ1n) is 6.95. The zero-order chi connectivity index (χ0) is 13.7. The smallest absolute Gasteiger partial charge is 0.152 e. The third-order valence-electron chi connectivity index (χ3n) is 3.00. The number of ether oxygens (including phenoxy) is 2. The first kappa shape index (κ1) is 14.4.